The second kappa shape index (κ2) is 6.45. The molecule has 0 aliphatic carbocycles. The van der Waals surface area contributed by atoms with E-state index >= 15 is 0 Å². The highest BCUT2D eigenvalue weighted by Gasteiger charge is 2.31. The Bertz CT molecular complexity index is 562. The normalized spacial score (nSPS) is 20.4. The van der Waals surface area contributed by atoms with Crippen LogP contribution >= 0.6 is 11.6 Å². The average molecular weight is 310 g/mol. The number of nitrogens with zero attached hydrogens (tertiary/aromatic N) is 1. The van der Waals surface area contributed by atoms with Crippen LogP contribution in [0.4, 0.5) is 5.69 Å². The Kier molecular flexibility index (Phi) is 4.85. The number of hydrogen-bond acceptors (Lipinski definition) is 4. The van der Waals surface area contributed by atoms with Crippen LogP contribution in [0.25, 0.3) is 0 Å². The lowest BCUT2D eigenvalue weighted by Gasteiger charge is -2.34. The van der Waals surface area contributed by atoms with Crippen molar-refractivity contribution in [2.24, 2.45) is 0 Å². The first-order chi connectivity index (χ1) is 9.93. The summed E-state index contributed by atoms with van der Waals surface area (Å²) in [4.78, 5) is 25.0. The molecule has 0 saturated carbocycles. The van der Waals surface area contributed by atoms with Gasteiger partial charge in [0, 0.05) is 6.04 Å². The summed E-state index contributed by atoms with van der Waals surface area (Å²) < 4.78 is 0. The van der Waals surface area contributed by atoms with E-state index in [0.29, 0.717) is 10.7 Å². The van der Waals surface area contributed by atoms with Crippen molar-refractivity contribution in [3.05, 3.63) is 28.8 Å². The highest BCUT2D eigenvalue weighted by molar-refractivity contribution is 6.33. The van der Waals surface area contributed by atoms with Gasteiger partial charge >= 0.3 is 0 Å². The summed E-state index contributed by atoms with van der Waals surface area (Å²) in [7, 11) is 0. The molecule has 1 aromatic carbocycles. The summed E-state index contributed by atoms with van der Waals surface area (Å²) in [5, 5.41) is 6.19. The molecule has 1 aliphatic heterocycles. The number of halogens is 1. The van der Waals surface area contributed by atoms with Gasteiger partial charge in [0.1, 0.15) is 6.04 Å². The largest absolute Gasteiger partial charge is 0.349 e. The van der Waals surface area contributed by atoms with E-state index in [2.05, 4.69) is 17.6 Å². The number of benzene rings is 1. The van der Waals surface area contributed by atoms with Crippen LogP contribution in [0.1, 0.15) is 32.4 Å². The minimum atomic E-state index is -0.419. The van der Waals surface area contributed by atoms with Gasteiger partial charge in [-0.15, -0.1) is 0 Å². The Morgan fingerprint density at radius 1 is 1.48 bits per heavy atom. The second-order valence-electron chi connectivity index (χ2n) is 5.21. The molecule has 2 N–H and O–H groups in total. The summed E-state index contributed by atoms with van der Waals surface area (Å²) in [6.07, 6.45) is 0. The molecule has 2 atom stereocenters. The van der Waals surface area contributed by atoms with Crippen LogP contribution in [0.5, 0.6) is 0 Å². The van der Waals surface area contributed by atoms with Crippen LogP contribution in [0, 0.1) is 0 Å². The van der Waals surface area contributed by atoms with Crippen LogP contribution in [-0.2, 0) is 9.59 Å². The van der Waals surface area contributed by atoms with Crippen LogP contribution in [0.15, 0.2) is 18.2 Å². The number of anilines is 1. The van der Waals surface area contributed by atoms with E-state index in [1.165, 1.54) is 0 Å². The highest BCUT2D eigenvalue weighted by Crippen LogP contribution is 2.31. The van der Waals surface area contributed by atoms with E-state index in [4.69, 9.17) is 11.6 Å². The lowest BCUT2D eigenvalue weighted by atomic mass is 10.1. The predicted molar refractivity (Wildman–Crippen MR) is 83.5 cm³/mol. The summed E-state index contributed by atoms with van der Waals surface area (Å²) in [5.41, 5.74) is 1.78. The summed E-state index contributed by atoms with van der Waals surface area (Å²) in [6, 6.07) is 5.50. The topological polar surface area (TPSA) is 61.4 Å². The summed E-state index contributed by atoms with van der Waals surface area (Å²) >= 11 is 6.36. The Morgan fingerprint density at radius 3 is 2.81 bits per heavy atom. The molecular weight excluding hydrogens is 290 g/mol. The standard InChI is InChI=1S/C15H20ClN3O2/c1-4-17-9(2)11-5-6-13(12(16)7-11)19-8-14(20)18-15(21)10(19)3/h5-7,9-10,17H,4,8H2,1-3H3,(H,18,20,21). The van der Waals surface area contributed by atoms with Crippen molar-refractivity contribution in [2.75, 3.05) is 18.0 Å². The van der Waals surface area contributed by atoms with Crippen molar-refractivity contribution in [3.63, 3.8) is 0 Å². The number of carbonyl (C=O) groups is 2. The predicted octanol–water partition coefficient (Wildman–Crippen LogP) is 1.86. The fraction of sp³-hybridized carbons (Fsp3) is 0.467. The van der Waals surface area contributed by atoms with Crippen molar-refractivity contribution in [1.29, 1.82) is 0 Å². The van der Waals surface area contributed by atoms with E-state index in [-0.39, 0.29) is 24.4 Å². The monoisotopic (exact) mass is 309 g/mol. The Morgan fingerprint density at radius 2 is 2.19 bits per heavy atom. The van der Waals surface area contributed by atoms with Crippen molar-refractivity contribution < 1.29 is 9.59 Å². The molecule has 21 heavy (non-hydrogen) atoms. The van der Waals surface area contributed by atoms with Gasteiger partial charge in [0.15, 0.2) is 0 Å². The maximum atomic E-state index is 11.7. The van der Waals surface area contributed by atoms with Gasteiger partial charge in [0.05, 0.1) is 17.3 Å². The van der Waals surface area contributed by atoms with Crippen LogP contribution < -0.4 is 15.5 Å². The number of amides is 2. The van der Waals surface area contributed by atoms with E-state index in [0.717, 1.165) is 12.1 Å². The van der Waals surface area contributed by atoms with E-state index in [9.17, 15) is 9.59 Å². The average Bonchev–Trinajstić information content (AvgIpc) is 2.43. The lowest BCUT2D eigenvalue weighted by Crippen LogP contribution is -2.57. The third-order valence-corrected chi connectivity index (χ3v) is 4.02. The molecule has 1 aliphatic rings. The van der Waals surface area contributed by atoms with Crippen LogP contribution in [0.2, 0.25) is 5.02 Å². The number of piperazine rings is 1. The second-order valence-corrected chi connectivity index (χ2v) is 5.61. The zero-order valence-electron chi connectivity index (χ0n) is 12.4. The van der Waals surface area contributed by atoms with Gasteiger partial charge in [-0.25, -0.2) is 0 Å². The fourth-order valence-electron chi connectivity index (χ4n) is 2.46. The SMILES string of the molecule is CCNC(C)c1ccc(N2CC(=O)NC(=O)C2C)c(Cl)c1. The molecular formula is C15H20ClN3O2. The Labute approximate surface area is 129 Å². The van der Waals surface area contributed by atoms with Gasteiger partial charge in [-0.2, -0.15) is 0 Å². The van der Waals surface area contributed by atoms with Crippen molar-refractivity contribution in [3.8, 4) is 0 Å². The first-order valence-corrected chi connectivity index (χ1v) is 7.45. The van der Waals surface area contributed by atoms with Gasteiger partial charge in [0.25, 0.3) is 0 Å². The number of imide groups is 1. The number of hydrogen-bond donors (Lipinski definition) is 2. The van der Waals surface area contributed by atoms with Gasteiger partial charge in [-0.3, -0.25) is 14.9 Å². The molecule has 0 bridgehead atoms. The molecule has 6 heteroatoms. The number of nitrogens with one attached hydrogen (secondary N) is 2. The van der Waals surface area contributed by atoms with E-state index in [1.54, 1.807) is 11.8 Å². The zero-order chi connectivity index (χ0) is 15.6. The molecule has 0 aromatic heterocycles. The smallest absolute Gasteiger partial charge is 0.249 e. The summed E-state index contributed by atoms with van der Waals surface area (Å²) in [5.74, 6) is -0.605. The minimum Gasteiger partial charge on any atom is -0.349 e. The Balaban J connectivity index is 2.28. The van der Waals surface area contributed by atoms with Crippen LogP contribution in [-0.4, -0.2) is 30.9 Å². The fourth-order valence-corrected chi connectivity index (χ4v) is 2.76. The molecule has 2 rings (SSSR count). The van der Waals surface area contributed by atoms with Gasteiger partial charge in [-0.05, 0) is 38.1 Å². The zero-order valence-corrected chi connectivity index (χ0v) is 13.2. The molecule has 114 valence electrons. The third kappa shape index (κ3) is 3.36. The Hall–Kier alpha value is -1.59. The maximum Gasteiger partial charge on any atom is 0.249 e. The first kappa shape index (κ1) is 15.8. The maximum absolute atomic E-state index is 11.7. The van der Waals surface area contributed by atoms with Crippen molar-refractivity contribution in [2.45, 2.75) is 32.9 Å². The van der Waals surface area contributed by atoms with Gasteiger partial charge < -0.3 is 10.2 Å². The quantitative estimate of drug-likeness (QED) is 0.834. The van der Waals surface area contributed by atoms with Crippen LogP contribution in [0.3, 0.4) is 0 Å². The molecule has 0 radical (unpaired) electrons. The van der Waals surface area contributed by atoms with Crippen molar-refractivity contribution in [1.82, 2.24) is 10.6 Å². The lowest BCUT2D eigenvalue weighted by molar-refractivity contribution is -0.132. The number of carbonyl (C=O) groups excluding carboxylic acids is 2. The molecule has 2 amide bonds. The molecule has 1 heterocycles. The highest BCUT2D eigenvalue weighted by atomic mass is 35.5. The van der Waals surface area contributed by atoms with Gasteiger partial charge in [0.2, 0.25) is 11.8 Å². The first-order valence-electron chi connectivity index (χ1n) is 7.07. The third-order valence-electron chi connectivity index (χ3n) is 3.72. The van der Waals surface area contributed by atoms with E-state index < -0.39 is 6.04 Å². The molecule has 0 spiro atoms. The summed E-state index contributed by atoms with van der Waals surface area (Å²) in [6.45, 7) is 6.88. The molecule has 5 nitrogen and oxygen atoms in total. The minimum absolute atomic E-state index is 0.134. The number of rotatable bonds is 4. The van der Waals surface area contributed by atoms with E-state index in [1.807, 2.05) is 25.1 Å². The van der Waals surface area contributed by atoms with Gasteiger partial charge in [-0.1, -0.05) is 24.6 Å². The molecule has 1 aromatic rings. The molecule has 1 fully saturated rings. The van der Waals surface area contributed by atoms with Crippen molar-refractivity contribution >= 4 is 29.1 Å². The molecule has 2 unspecified atom stereocenters. The molecule has 1 saturated heterocycles.